The van der Waals surface area contributed by atoms with Gasteiger partial charge in [0, 0.05) is 12.8 Å². The molecule has 4 heteroatoms. The van der Waals surface area contributed by atoms with Gasteiger partial charge in [0.2, 0.25) is 0 Å². The van der Waals surface area contributed by atoms with Crippen molar-refractivity contribution >= 4 is 29.6 Å². The van der Waals surface area contributed by atoms with Gasteiger partial charge < -0.3 is 5.32 Å². The van der Waals surface area contributed by atoms with E-state index in [2.05, 4.69) is 22.4 Å². The van der Waals surface area contributed by atoms with E-state index >= 15 is 0 Å². The van der Waals surface area contributed by atoms with E-state index in [4.69, 9.17) is 12.2 Å². The Labute approximate surface area is 107 Å². The predicted octanol–water partition coefficient (Wildman–Crippen LogP) is 2.34. The number of nitrogens with one attached hydrogen (secondary N) is 2. The Morgan fingerprint density at radius 2 is 2.12 bits per heavy atom. The lowest BCUT2D eigenvalue weighted by Crippen LogP contribution is -2.31. The van der Waals surface area contributed by atoms with Gasteiger partial charge in [0.05, 0.1) is 0 Å². The third-order valence-corrected chi connectivity index (χ3v) is 2.06. The Hall–Kier alpha value is -1.94. The summed E-state index contributed by atoms with van der Waals surface area (Å²) in [7, 11) is 0. The van der Waals surface area contributed by atoms with Crippen LogP contribution in [0, 0.1) is 0 Å². The molecule has 0 amide bonds. The Morgan fingerprint density at radius 3 is 2.82 bits per heavy atom. The van der Waals surface area contributed by atoms with Crippen LogP contribution in [0.4, 0.5) is 0 Å². The van der Waals surface area contributed by atoms with Crippen molar-refractivity contribution in [3.8, 4) is 0 Å². The number of rotatable bonds is 5. The molecule has 1 rings (SSSR count). The topological polar surface area (TPSA) is 36.4 Å². The molecule has 2 N–H and O–H groups in total. The zero-order valence-electron chi connectivity index (χ0n) is 9.47. The Morgan fingerprint density at radius 1 is 1.35 bits per heavy atom. The van der Waals surface area contributed by atoms with E-state index in [1.54, 1.807) is 12.3 Å². The minimum Gasteiger partial charge on any atom is -0.358 e. The molecule has 17 heavy (non-hydrogen) atoms. The molecule has 0 saturated carbocycles. The van der Waals surface area contributed by atoms with Crippen LogP contribution in [0.15, 0.2) is 54.2 Å². The fraction of sp³-hybridized carbons (Fsp3) is 0.0769. The second-order valence-electron chi connectivity index (χ2n) is 3.16. The smallest absolute Gasteiger partial charge is 0.187 e. The van der Waals surface area contributed by atoms with E-state index in [-0.39, 0.29) is 0 Å². The molecule has 88 valence electrons. The summed E-state index contributed by atoms with van der Waals surface area (Å²) in [6, 6.07) is 10.0. The van der Waals surface area contributed by atoms with E-state index in [1.807, 2.05) is 42.5 Å². The molecule has 0 fully saturated rings. The summed E-state index contributed by atoms with van der Waals surface area (Å²) in [5.41, 5.74) is 3.83. The number of hydrazone groups is 1. The molecule has 1 aromatic carbocycles. The molecule has 0 aromatic heterocycles. The quantitative estimate of drug-likeness (QED) is 0.362. The maximum absolute atomic E-state index is 4.95. The third-order valence-electron chi connectivity index (χ3n) is 1.82. The first-order valence-corrected chi connectivity index (χ1v) is 5.63. The first kappa shape index (κ1) is 13.1. The molecule has 0 aliphatic heterocycles. The Kier molecular flexibility index (Phi) is 6.36. The molecule has 0 aliphatic carbocycles. The molecule has 0 unspecified atom stereocenters. The van der Waals surface area contributed by atoms with E-state index in [0.29, 0.717) is 11.7 Å². The Bertz CT molecular complexity index is 410. The number of hydrogen-bond donors (Lipinski definition) is 2. The Balaban J connectivity index is 2.28. The largest absolute Gasteiger partial charge is 0.358 e. The molecule has 0 atom stereocenters. The van der Waals surface area contributed by atoms with Crippen LogP contribution in [0.2, 0.25) is 0 Å². The number of allylic oxidation sites excluding steroid dienone is 1. The average Bonchev–Trinajstić information content (AvgIpc) is 2.37. The van der Waals surface area contributed by atoms with Gasteiger partial charge in [0.15, 0.2) is 5.11 Å². The summed E-state index contributed by atoms with van der Waals surface area (Å²) < 4.78 is 0. The van der Waals surface area contributed by atoms with Crippen LogP contribution in [0.1, 0.15) is 5.56 Å². The van der Waals surface area contributed by atoms with E-state index in [0.717, 1.165) is 5.56 Å². The highest BCUT2D eigenvalue weighted by Crippen LogP contribution is 1.99. The van der Waals surface area contributed by atoms with Gasteiger partial charge in [-0.1, -0.05) is 42.5 Å². The summed E-state index contributed by atoms with van der Waals surface area (Å²) in [5.74, 6) is 0. The summed E-state index contributed by atoms with van der Waals surface area (Å²) in [6.07, 6.45) is 7.19. The van der Waals surface area contributed by atoms with Crippen LogP contribution in [-0.4, -0.2) is 17.9 Å². The minimum atomic E-state index is 0.481. The lowest BCUT2D eigenvalue weighted by Gasteiger charge is -2.02. The van der Waals surface area contributed by atoms with Crippen molar-refractivity contribution in [1.29, 1.82) is 0 Å². The van der Waals surface area contributed by atoms with Crippen LogP contribution in [0.25, 0.3) is 6.08 Å². The summed E-state index contributed by atoms with van der Waals surface area (Å²) >= 11 is 4.95. The monoisotopic (exact) mass is 245 g/mol. The van der Waals surface area contributed by atoms with Crippen LogP contribution >= 0.6 is 12.2 Å². The molecule has 0 radical (unpaired) electrons. The maximum atomic E-state index is 4.95. The van der Waals surface area contributed by atoms with Gasteiger partial charge in [-0.15, -0.1) is 6.58 Å². The molecule has 0 aliphatic rings. The third kappa shape index (κ3) is 6.27. The second-order valence-corrected chi connectivity index (χ2v) is 3.57. The van der Waals surface area contributed by atoms with E-state index in [1.165, 1.54) is 0 Å². The molecule has 0 saturated heterocycles. The van der Waals surface area contributed by atoms with Gasteiger partial charge in [-0.3, -0.25) is 5.43 Å². The first-order valence-electron chi connectivity index (χ1n) is 5.22. The number of benzene rings is 1. The lowest BCUT2D eigenvalue weighted by molar-refractivity contribution is 0.942. The molecular weight excluding hydrogens is 230 g/mol. The van der Waals surface area contributed by atoms with Crippen LogP contribution in [0.5, 0.6) is 0 Å². The summed E-state index contributed by atoms with van der Waals surface area (Å²) in [5, 5.41) is 7.33. The molecular formula is C13H15N3S. The number of thiocarbonyl (C=S) groups is 1. The molecule has 3 nitrogen and oxygen atoms in total. The molecule has 1 aromatic rings. The van der Waals surface area contributed by atoms with Crippen molar-refractivity contribution in [2.45, 2.75) is 0 Å². The van der Waals surface area contributed by atoms with Crippen LogP contribution < -0.4 is 10.7 Å². The van der Waals surface area contributed by atoms with E-state index < -0.39 is 0 Å². The van der Waals surface area contributed by atoms with Crippen molar-refractivity contribution < 1.29 is 0 Å². The van der Waals surface area contributed by atoms with Gasteiger partial charge in [0.1, 0.15) is 0 Å². The highest BCUT2D eigenvalue weighted by atomic mass is 32.1. The van der Waals surface area contributed by atoms with Crippen LogP contribution in [-0.2, 0) is 0 Å². The van der Waals surface area contributed by atoms with E-state index in [9.17, 15) is 0 Å². The standard InChI is InChI=1S/C13H15N3S/c1-2-10-14-13(17)16-15-11-6-9-12-7-4-3-5-8-12/h2-9,11H,1,10H2,(H2,14,16,17)/b9-6+,15-11+. The fourth-order valence-corrected chi connectivity index (χ4v) is 1.20. The van der Waals surface area contributed by atoms with Crippen molar-refractivity contribution in [2.24, 2.45) is 5.10 Å². The van der Waals surface area contributed by atoms with Crippen molar-refractivity contribution in [3.05, 3.63) is 54.6 Å². The zero-order valence-corrected chi connectivity index (χ0v) is 10.3. The van der Waals surface area contributed by atoms with Crippen molar-refractivity contribution in [3.63, 3.8) is 0 Å². The van der Waals surface area contributed by atoms with Crippen molar-refractivity contribution in [1.82, 2.24) is 10.7 Å². The highest BCUT2D eigenvalue weighted by molar-refractivity contribution is 7.80. The van der Waals surface area contributed by atoms with Gasteiger partial charge in [-0.2, -0.15) is 5.10 Å². The van der Waals surface area contributed by atoms with Crippen LogP contribution in [0.3, 0.4) is 0 Å². The second kappa shape index (κ2) is 8.24. The normalized spacial score (nSPS) is 10.6. The zero-order chi connectivity index (χ0) is 12.3. The number of nitrogens with zero attached hydrogens (tertiary/aromatic N) is 1. The minimum absolute atomic E-state index is 0.481. The van der Waals surface area contributed by atoms with Gasteiger partial charge in [-0.05, 0) is 23.9 Å². The highest BCUT2D eigenvalue weighted by Gasteiger charge is 1.86. The number of hydrogen-bond acceptors (Lipinski definition) is 2. The summed E-state index contributed by atoms with van der Waals surface area (Å²) in [4.78, 5) is 0. The van der Waals surface area contributed by atoms with Gasteiger partial charge in [0.25, 0.3) is 0 Å². The maximum Gasteiger partial charge on any atom is 0.187 e. The summed E-state index contributed by atoms with van der Waals surface area (Å²) in [6.45, 7) is 4.20. The lowest BCUT2D eigenvalue weighted by atomic mass is 10.2. The molecule has 0 heterocycles. The van der Waals surface area contributed by atoms with Gasteiger partial charge in [-0.25, -0.2) is 0 Å². The van der Waals surface area contributed by atoms with Gasteiger partial charge >= 0.3 is 0 Å². The fourth-order valence-electron chi connectivity index (χ4n) is 1.06. The molecule has 0 bridgehead atoms. The molecule has 0 spiro atoms. The van der Waals surface area contributed by atoms with Crippen molar-refractivity contribution in [2.75, 3.05) is 6.54 Å². The first-order chi connectivity index (χ1) is 8.33. The average molecular weight is 245 g/mol. The SMILES string of the molecule is C=CCNC(=S)N/N=C/C=C/c1ccccc1. The predicted molar refractivity (Wildman–Crippen MR) is 77.9 cm³/mol.